The summed E-state index contributed by atoms with van der Waals surface area (Å²) in [6, 6.07) is 3.60. The predicted octanol–water partition coefficient (Wildman–Crippen LogP) is 1.96. The molecular formula is C14H17F2NO2. The zero-order valence-corrected chi connectivity index (χ0v) is 10.7. The highest BCUT2D eigenvalue weighted by atomic mass is 19.1. The quantitative estimate of drug-likeness (QED) is 0.819. The number of hydrogen-bond acceptors (Lipinski definition) is 3. The third kappa shape index (κ3) is 2.50. The number of morpholine rings is 1. The second-order valence-electron chi connectivity index (χ2n) is 5.24. The molecule has 3 rings (SSSR count). The van der Waals surface area contributed by atoms with Gasteiger partial charge in [-0.15, -0.1) is 0 Å². The van der Waals surface area contributed by atoms with Crippen LogP contribution in [0, 0.1) is 11.6 Å². The summed E-state index contributed by atoms with van der Waals surface area (Å²) in [5.74, 6) is -0.761. The molecule has 0 saturated carbocycles. The minimum atomic E-state index is -0.401. The van der Waals surface area contributed by atoms with Crippen LogP contribution in [0.2, 0.25) is 0 Å². The Balaban J connectivity index is 1.82. The Morgan fingerprint density at radius 3 is 2.74 bits per heavy atom. The Bertz CT molecular complexity index is 461. The molecule has 1 aromatic carbocycles. The van der Waals surface area contributed by atoms with E-state index in [4.69, 9.17) is 9.47 Å². The van der Waals surface area contributed by atoms with E-state index in [1.54, 1.807) is 0 Å². The molecular weight excluding hydrogens is 252 g/mol. The molecule has 0 bridgehead atoms. The lowest BCUT2D eigenvalue weighted by Gasteiger charge is -2.43. The van der Waals surface area contributed by atoms with E-state index >= 15 is 0 Å². The molecule has 0 aromatic heterocycles. The number of benzene rings is 1. The second-order valence-corrected chi connectivity index (χ2v) is 5.24. The molecule has 0 amide bonds. The molecule has 104 valence electrons. The van der Waals surface area contributed by atoms with Gasteiger partial charge in [-0.3, -0.25) is 4.90 Å². The summed E-state index contributed by atoms with van der Waals surface area (Å²) >= 11 is 0. The molecule has 3 nitrogen and oxygen atoms in total. The average Bonchev–Trinajstić information content (AvgIpc) is 2.86. The smallest absolute Gasteiger partial charge is 0.127 e. The van der Waals surface area contributed by atoms with E-state index in [0.29, 0.717) is 38.5 Å². The van der Waals surface area contributed by atoms with Crippen molar-refractivity contribution in [2.75, 3.05) is 33.0 Å². The fourth-order valence-corrected chi connectivity index (χ4v) is 2.84. The first-order valence-corrected chi connectivity index (χ1v) is 6.54. The average molecular weight is 269 g/mol. The van der Waals surface area contributed by atoms with Crippen LogP contribution >= 0.6 is 0 Å². The lowest BCUT2D eigenvalue weighted by atomic mass is 9.95. The van der Waals surface area contributed by atoms with Crippen molar-refractivity contribution in [1.29, 1.82) is 0 Å². The van der Waals surface area contributed by atoms with Gasteiger partial charge in [0.2, 0.25) is 0 Å². The lowest BCUT2D eigenvalue weighted by Crippen LogP contribution is -2.57. The molecule has 2 aliphatic rings. The van der Waals surface area contributed by atoms with Crippen molar-refractivity contribution in [3.05, 3.63) is 35.4 Å². The minimum absolute atomic E-state index is 0.170. The fourth-order valence-electron chi connectivity index (χ4n) is 2.84. The van der Waals surface area contributed by atoms with Gasteiger partial charge in [-0.1, -0.05) is 0 Å². The SMILES string of the molecule is Fc1ccc(F)c(CN2CCOC[C@]23CCOC3)c1. The lowest BCUT2D eigenvalue weighted by molar-refractivity contribution is -0.0753. The molecule has 0 unspecified atom stereocenters. The minimum Gasteiger partial charge on any atom is -0.379 e. The Kier molecular flexibility index (Phi) is 3.52. The third-order valence-electron chi connectivity index (χ3n) is 4.00. The first-order valence-electron chi connectivity index (χ1n) is 6.54. The Morgan fingerprint density at radius 1 is 1.16 bits per heavy atom. The van der Waals surface area contributed by atoms with Crippen molar-refractivity contribution in [1.82, 2.24) is 4.90 Å². The Morgan fingerprint density at radius 2 is 1.95 bits per heavy atom. The van der Waals surface area contributed by atoms with Gasteiger partial charge in [0.05, 0.1) is 25.4 Å². The van der Waals surface area contributed by atoms with Crippen LogP contribution in [0.5, 0.6) is 0 Å². The molecule has 0 aliphatic carbocycles. The molecule has 5 heteroatoms. The van der Waals surface area contributed by atoms with Crippen LogP contribution in [0.25, 0.3) is 0 Å². The largest absolute Gasteiger partial charge is 0.379 e. The van der Waals surface area contributed by atoms with Gasteiger partial charge < -0.3 is 9.47 Å². The van der Waals surface area contributed by atoms with Crippen molar-refractivity contribution in [3.63, 3.8) is 0 Å². The van der Waals surface area contributed by atoms with E-state index in [1.165, 1.54) is 12.1 Å². The molecule has 2 saturated heterocycles. The maximum atomic E-state index is 13.7. The van der Waals surface area contributed by atoms with Gasteiger partial charge in [0.15, 0.2) is 0 Å². The molecule has 0 N–H and O–H groups in total. The molecule has 2 heterocycles. The monoisotopic (exact) mass is 269 g/mol. The number of rotatable bonds is 2. The number of ether oxygens (including phenoxy) is 2. The van der Waals surface area contributed by atoms with Crippen molar-refractivity contribution in [2.45, 2.75) is 18.5 Å². The van der Waals surface area contributed by atoms with Crippen LogP contribution in [0.1, 0.15) is 12.0 Å². The van der Waals surface area contributed by atoms with Crippen molar-refractivity contribution >= 4 is 0 Å². The van der Waals surface area contributed by atoms with Crippen LogP contribution in [0.4, 0.5) is 8.78 Å². The van der Waals surface area contributed by atoms with Gasteiger partial charge >= 0.3 is 0 Å². The molecule has 19 heavy (non-hydrogen) atoms. The van der Waals surface area contributed by atoms with E-state index in [-0.39, 0.29) is 11.4 Å². The standard InChI is InChI=1S/C14H17F2NO2/c15-12-1-2-13(16)11(7-12)8-17-4-6-19-10-14(17)3-5-18-9-14/h1-2,7H,3-6,8-10H2/t14-/m1/s1. The third-order valence-corrected chi connectivity index (χ3v) is 4.00. The molecule has 0 radical (unpaired) electrons. The van der Waals surface area contributed by atoms with E-state index < -0.39 is 5.82 Å². The van der Waals surface area contributed by atoms with E-state index in [0.717, 1.165) is 19.0 Å². The van der Waals surface area contributed by atoms with Crippen LogP contribution in [0.15, 0.2) is 18.2 Å². The van der Waals surface area contributed by atoms with Crippen molar-refractivity contribution in [2.24, 2.45) is 0 Å². The predicted molar refractivity (Wildman–Crippen MR) is 65.8 cm³/mol. The Hall–Kier alpha value is -1.04. The maximum Gasteiger partial charge on any atom is 0.127 e. The number of hydrogen-bond donors (Lipinski definition) is 0. The summed E-state index contributed by atoms with van der Waals surface area (Å²) in [5, 5.41) is 0. The summed E-state index contributed by atoms with van der Waals surface area (Å²) in [7, 11) is 0. The van der Waals surface area contributed by atoms with Gasteiger partial charge in [-0.2, -0.15) is 0 Å². The first-order chi connectivity index (χ1) is 9.20. The highest BCUT2D eigenvalue weighted by Gasteiger charge is 2.43. The molecule has 1 spiro atoms. The highest BCUT2D eigenvalue weighted by molar-refractivity contribution is 5.19. The molecule has 2 fully saturated rings. The van der Waals surface area contributed by atoms with Gasteiger partial charge in [-0.25, -0.2) is 8.78 Å². The van der Waals surface area contributed by atoms with Gasteiger partial charge in [0, 0.05) is 25.3 Å². The second kappa shape index (κ2) is 5.15. The number of nitrogens with zero attached hydrogens (tertiary/aromatic N) is 1. The van der Waals surface area contributed by atoms with Gasteiger partial charge in [-0.05, 0) is 24.6 Å². The van der Waals surface area contributed by atoms with Crippen LogP contribution < -0.4 is 0 Å². The first kappa shape index (κ1) is 13.0. The van der Waals surface area contributed by atoms with Crippen LogP contribution in [0.3, 0.4) is 0 Å². The normalized spacial score (nSPS) is 28.1. The van der Waals surface area contributed by atoms with E-state index in [9.17, 15) is 8.78 Å². The van der Waals surface area contributed by atoms with Crippen molar-refractivity contribution < 1.29 is 18.3 Å². The van der Waals surface area contributed by atoms with Crippen LogP contribution in [-0.2, 0) is 16.0 Å². The fraction of sp³-hybridized carbons (Fsp3) is 0.571. The van der Waals surface area contributed by atoms with Gasteiger partial charge in [0.1, 0.15) is 11.6 Å². The zero-order chi connectivity index (χ0) is 13.3. The van der Waals surface area contributed by atoms with Crippen LogP contribution in [-0.4, -0.2) is 43.4 Å². The topological polar surface area (TPSA) is 21.7 Å². The summed E-state index contributed by atoms with van der Waals surface area (Å²) in [6.45, 7) is 3.65. The Labute approximate surface area is 111 Å². The van der Waals surface area contributed by atoms with E-state index in [2.05, 4.69) is 4.90 Å². The number of halogens is 2. The van der Waals surface area contributed by atoms with Gasteiger partial charge in [0.25, 0.3) is 0 Å². The van der Waals surface area contributed by atoms with E-state index in [1.807, 2.05) is 0 Å². The van der Waals surface area contributed by atoms with Crippen molar-refractivity contribution in [3.8, 4) is 0 Å². The molecule has 1 aromatic rings. The molecule has 1 atom stereocenters. The summed E-state index contributed by atoms with van der Waals surface area (Å²) in [4.78, 5) is 2.17. The highest BCUT2D eigenvalue weighted by Crippen LogP contribution is 2.31. The summed E-state index contributed by atoms with van der Waals surface area (Å²) in [6.07, 6.45) is 0.879. The summed E-state index contributed by atoms with van der Waals surface area (Å²) in [5.41, 5.74) is 0.227. The zero-order valence-electron chi connectivity index (χ0n) is 10.7. The maximum absolute atomic E-state index is 13.7. The summed E-state index contributed by atoms with van der Waals surface area (Å²) < 4.78 is 38.0. The molecule has 2 aliphatic heterocycles.